The summed E-state index contributed by atoms with van der Waals surface area (Å²) < 4.78 is 3.12. The second kappa shape index (κ2) is 17.5. The first-order chi connectivity index (χ1) is 30.7. The highest BCUT2D eigenvalue weighted by molar-refractivity contribution is 6.39. The average molecular weight is 938 g/mol. The van der Waals surface area contributed by atoms with Crippen LogP contribution in [-0.4, -0.2) is 35.9 Å². The number of hydrogen-bond acceptors (Lipinski definition) is 6. The molecular weight excluding hydrogens is 892 g/mol. The van der Waals surface area contributed by atoms with Gasteiger partial charge in [0.25, 0.3) is 11.1 Å². The molecule has 5 heterocycles. The summed E-state index contributed by atoms with van der Waals surface area (Å²) in [6.45, 7) is 8.24. The normalized spacial score (nSPS) is 19.4. The van der Waals surface area contributed by atoms with Gasteiger partial charge < -0.3 is 15.6 Å². The summed E-state index contributed by atoms with van der Waals surface area (Å²) in [5, 5.41) is 9.27. The van der Waals surface area contributed by atoms with Gasteiger partial charge in [0.05, 0.1) is 43.9 Å². The SMILES string of the molecule is CC(C)C[C@@H]1NC(=O)[C@@H](Cc2c[nH]c3ccccc23)n2c1nc1c(Cl)cc(Cl)cc1c2=O.CCC(C)[C@@H]1NC(=O)[C@@H](CC2=CCc3ccccc32)n2c1nc1c(Cl)cc(Cl)cc1c2=O. The van der Waals surface area contributed by atoms with Gasteiger partial charge in [0, 0.05) is 40.0 Å². The van der Waals surface area contributed by atoms with E-state index in [1.54, 1.807) is 33.4 Å². The van der Waals surface area contributed by atoms with Crippen LogP contribution < -0.4 is 21.8 Å². The third-order valence-electron chi connectivity index (χ3n) is 12.7. The van der Waals surface area contributed by atoms with Crippen LogP contribution in [0.5, 0.6) is 0 Å². The molecule has 0 saturated heterocycles. The lowest BCUT2D eigenvalue weighted by Gasteiger charge is -2.35. The van der Waals surface area contributed by atoms with E-state index >= 15 is 0 Å². The van der Waals surface area contributed by atoms with E-state index in [2.05, 4.69) is 54.6 Å². The minimum absolute atomic E-state index is 0.105. The van der Waals surface area contributed by atoms with Crippen LogP contribution in [-0.2, 0) is 22.4 Å². The van der Waals surface area contributed by atoms with Crippen LogP contribution in [0, 0.1) is 11.8 Å². The van der Waals surface area contributed by atoms with E-state index in [9.17, 15) is 19.2 Å². The Labute approximate surface area is 388 Å². The highest BCUT2D eigenvalue weighted by Gasteiger charge is 2.39. The summed E-state index contributed by atoms with van der Waals surface area (Å²) in [6, 6.07) is 20.2. The number of rotatable bonds is 8. The monoisotopic (exact) mass is 935 g/mol. The van der Waals surface area contributed by atoms with Crippen molar-refractivity contribution in [2.24, 2.45) is 11.8 Å². The Hall–Kier alpha value is -5.46. The van der Waals surface area contributed by atoms with Crippen LogP contribution in [0.4, 0.5) is 0 Å². The van der Waals surface area contributed by atoms with Crippen LogP contribution in [0.3, 0.4) is 0 Å². The fraction of sp³-hybridized carbons (Fsp3) is 0.306. The molecule has 2 amide bonds. The number of nitrogens with one attached hydrogen (secondary N) is 3. The number of aromatic nitrogens is 5. The zero-order chi connectivity index (χ0) is 45.1. The van der Waals surface area contributed by atoms with Gasteiger partial charge in [-0.15, -0.1) is 0 Å². The molecule has 4 aromatic carbocycles. The van der Waals surface area contributed by atoms with E-state index in [0.717, 1.165) is 40.4 Å². The molecule has 0 saturated carbocycles. The van der Waals surface area contributed by atoms with Crippen molar-refractivity contribution in [2.45, 2.75) is 84.0 Å². The lowest BCUT2D eigenvalue weighted by atomic mass is 9.92. The molecule has 1 aliphatic carbocycles. The molecule has 2 aliphatic heterocycles. The van der Waals surface area contributed by atoms with Gasteiger partial charge in [0.1, 0.15) is 23.7 Å². The Kier molecular flexibility index (Phi) is 12.0. The summed E-state index contributed by atoms with van der Waals surface area (Å²) in [6.07, 6.45) is 7.14. The van der Waals surface area contributed by atoms with Gasteiger partial charge in [0.2, 0.25) is 11.8 Å². The first kappa shape index (κ1) is 43.8. The Balaban J connectivity index is 0.000000162. The van der Waals surface area contributed by atoms with Crippen LogP contribution >= 0.6 is 46.4 Å². The molecule has 0 bridgehead atoms. The van der Waals surface area contributed by atoms with E-state index in [-0.39, 0.29) is 40.9 Å². The minimum atomic E-state index is -0.727. The molecule has 3 aliphatic rings. The molecule has 5 atom stereocenters. The van der Waals surface area contributed by atoms with Gasteiger partial charge in [0.15, 0.2) is 0 Å². The molecule has 3 N–H and O–H groups in total. The quantitative estimate of drug-likeness (QED) is 0.138. The van der Waals surface area contributed by atoms with Crippen molar-refractivity contribution in [2.75, 3.05) is 0 Å². The third kappa shape index (κ3) is 7.90. The van der Waals surface area contributed by atoms with Crippen molar-refractivity contribution in [3.8, 4) is 0 Å². The van der Waals surface area contributed by atoms with Crippen molar-refractivity contribution < 1.29 is 9.59 Å². The average Bonchev–Trinajstić information content (AvgIpc) is 3.87. The number of para-hydroxylation sites is 1. The molecule has 10 rings (SSSR count). The van der Waals surface area contributed by atoms with E-state index in [1.165, 1.54) is 5.56 Å². The molecule has 11 nitrogen and oxygen atoms in total. The Bertz CT molecular complexity index is 3190. The van der Waals surface area contributed by atoms with Crippen molar-refractivity contribution >= 4 is 96.5 Å². The largest absolute Gasteiger partial charge is 0.361 e. The molecule has 0 radical (unpaired) electrons. The summed E-state index contributed by atoms with van der Waals surface area (Å²) >= 11 is 25.2. The van der Waals surface area contributed by atoms with E-state index < -0.39 is 12.1 Å². The van der Waals surface area contributed by atoms with Gasteiger partial charge >= 0.3 is 0 Å². The fourth-order valence-electron chi connectivity index (χ4n) is 9.34. The van der Waals surface area contributed by atoms with Crippen LogP contribution in [0.1, 0.15) is 99.5 Å². The fourth-order valence-corrected chi connectivity index (χ4v) is 10.4. The Morgan fingerprint density at radius 3 is 1.98 bits per heavy atom. The predicted octanol–water partition coefficient (Wildman–Crippen LogP) is 10.7. The number of carbonyl (C=O) groups is 2. The number of carbonyl (C=O) groups excluding carboxylic acids is 2. The molecule has 0 fully saturated rings. The number of amides is 2. The number of benzene rings is 4. The molecule has 3 aromatic heterocycles. The first-order valence-electron chi connectivity index (χ1n) is 21.5. The van der Waals surface area contributed by atoms with Gasteiger partial charge in [-0.1, -0.05) is 129 Å². The summed E-state index contributed by atoms with van der Waals surface area (Å²) in [5.41, 5.74) is 5.63. The maximum Gasteiger partial charge on any atom is 0.262 e. The van der Waals surface area contributed by atoms with E-state index in [4.69, 9.17) is 56.4 Å². The predicted molar refractivity (Wildman–Crippen MR) is 256 cm³/mol. The maximum atomic E-state index is 13.7. The topological polar surface area (TPSA) is 144 Å². The highest BCUT2D eigenvalue weighted by atomic mass is 35.5. The lowest BCUT2D eigenvalue weighted by molar-refractivity contribution is -0.127. The molecular formula is C49H45Cl4N7O4. The van der Waals surface area contributed by atoms with Crippen molar-refractivity contribution in [3.05, 3.63) is 154 Å². The second-order valence-electron chi connectivity index (χ2n) is 17.3. The van der Waals surface area contributed by atoms with Crippen molar-refractivity contribution in [3.63, 3.8) is 0 Å². The Morgan fingerprint density at radius 1 is 0.719 bits per heavy atom. The number of halogens is 4. The summed E-state index contributed by atoms with van der Waals surface area (Å²) in [4.78, 5) is 66.8. The van der Waals surface area contributed by atoms with Crippen molar-refractivity contribution in [1.29, 1.82) is 0 Å². The number of nitrogens with zero attached hydrogens (tertiary/aromatic N) is 4. The molecule has 7 aromatic rings. The Morgan fingerprint density at radius 2 is 1.31 bits per heavy atom. The minimum Gasteiger partial charge on any atom is -0.361 e. The van der Waals surface area contributed by atoms with E-state index in [1.807, 2.05) is 49.5 Å². The number of aromatic amines is 1. The van der Waals surface area contributed by atoms with Crippen LogP contribution in [0.15, 0.2) is 94.7 Å². The van der Waals surface area contributed by atoms with Gasteiger partial charge in [-0.3, -0.25) is 28.3 Å². The molecule has 0 spiro atoms. The first-order valence-corrected chi connectivity index (χ1v) is 23.0. The van der Waals surface area contributed by atoms with Gasteiger partial charge in [-0.25, -0.2) is 9.97 Å². The zero-order valence-electron chi connectivity index (χ0n) is 35.5. The van der Waals surface area contributed by atoms with Crippen molar-refractivity contribution in [1.82, 2.24) is 34.7 Å². The number of fused-ring (bicyclic) bond motifs is 6. The molecule has 15 heteroatoms. The highest BCUT2D eigenvalue weighted by Crippen LogP contribution is 2.39. The standard InChI is InChI=1S/C25H23Cl2N3O2.C24H22Cl2N4O2/c1-3-13(2)21-23-28-22-18(11-16(26)12-19(22)27)25(32)30(23)20(24(31)29-21)10-15-9-8-14-6-4-5-7-17(14)15;1-12(2)7-19-22-29-21-16(9-14(25)10-17(21)26)24(32)30(22)20(23(31)28-19)8-13-11-27-18-6-4-3-5-15(13)18/h4-7,9,11-13,20-21H,3,8,10H2,1-2H3,(H,29,31);3-6,9-12,19-20,27H,7-8H2,1-2H3,(H,28,31)/t13?,20-,21+;19-,20+/m10/s1. The number of allylic oxidation sites excluding steroid dienone is 2. The molecule has 328 valence electrons. The van der Waals surface area contributed by atoms with Gasteiger partial charge in [-0.2, -0.15) is 0 Å². The molecule has 1 unspecified atom stereocenters. The summed E-state index contributed by atoms with van der Waals surface area (Å²) in [7, 11) is 0. The second-order valence-corrected chi connectivity index (χ2v) is 19.0. The van der Waals surface area contributed by atoms with E-state index in [0.29, 0.717) is 78.7 Å². The number of hydrogen-bond donors (Lipinski definition) is 3. The molecule has 64 heavy (non-hydrogen) atoms. The maximum absolute atomic E-state index is 13.7. The summed E-state index contributed by atoms with van der Waals surface area (Å²) in [5.74, 6) is 1.14. The number of H-pyrrole nitrogens is 1. The van der Waals surface area contributed by atoms with Gasteiger partial charge in [-0.05, 0) is 77.3 Å². The zero-order valence-corrected chi connectivity index (χ0v) is 38.5. The lowest BCUT2D eigenvalue weighted by Crippen LogP contribution is -2.49. The van der Waals surface area contributed by atoms with Crippen LogP contribution in [0.25, 0.3) is 38.3 Å². The smallest absolute Gasteiger partial charge is 0.262 e. The third-order valence-corrected chi connectivity index (χ3v) is 13.7. The van der Waals surface area contributed by atoms with Crippen LogP contribution in [0.2, 0.25) is 20.1 Å².